The van der Waals surface area contributed by atoms with E-state index in [1.165, 1.54) is 12.8 Å². The fourth-order valence-corrected chi connectivity index (χ4v) is 6.84. The summed E-state index contributed by atoms with van der Waals surface area (Å²) in [5, 5.41) is 0. The van der Waals surface area contributed by atoms with Crippen molar-refractivity contribution in [3.05, 3.63) is 0 Å². The molecule has 114 valence electrons. The average molecular weight is 274 g/mol. The molecule has 8 unspecified atom stereocenters. The Morgan fingerprint density at radius 3 is 1.20 bits per heavy atom. The Morgan fingerprint density at radius 1 is 0.400 bits per heavy atom. The molecular formula is C20H34. The minimum Gasteiger partial charge on any atom is -0.0625 e. The van der Waals surface area contributed by atoms with Crippen LogP contribution in [0.25, 0.3) is 0 Å². The van der Waals surface area contributed by atoms with Crippen LogP contribution in [0.1, 0.15) is 78.1 Å². The van der Waals surface area contributed by atoms with E-state index in [0.717, 1.165) is 47.3 Å². The van der Waals surface area contributed by atoms with Crippen molar-refractivity contribution in [2.75, 3.05) is 0 Å². The van der Waals surface area contributed by atoms with E-state index in [0.29, 0.717) is 0 Å². The molecule has 0 radical (unpaired) electrons. The van der Waals surface area contributed by atoms with Crippen LogP contribution in [-0.4, -0.2) is 0 Å². The third-order valence-corrected chi connectivity index (χ3v) is 7.89. The van der Waals surface area contributed by atoms with Crippen LogP contribution in [0.2, 0.25) is 0 Å². The zero-order valence-corrected chi connectivity index (χ0v) is 13.7. The fourth-order valence-electron chi connectivity index (χ4n) is 6.84. The molecule has 4 saturated carbocycles. The predicted octanol–water partition coefficient (Wildman–Crippen LogP) is 5.91. The quantitative estimate of drug-likeness (QED) is 0.515. The van der Waals surface area contributed by atoms with Crippen LogP contribution in [0, 0.1) is 47.3 Å². The minimum absolute atomic E-state index is 1.03. The molecule has 0 spiro atoms. The third-order valence-electron chi connectivity index (χ3n) is 7.89. The molecule has 0 aliphatic heterocycles. The third kappa shape index (κ3) is 2.46. The zero-order chi connectivity index (χ0) is 13.7. The van der Waals surface area contributed by atoms with Crippen LogP contribution in [0.5, 0.6) is 0 Å². The Bertz CT molecular complexity index is 312. The van der Waals surface area contributed by atoms with Crippen molar-refractivity contribution in [1.82, 2.24) is 0 Å². The molecule has 0 N–H and O–H groups in total. The highest BCUT2D eigenvalue weighted by atomic mass is 14.5. The summed E-state index contributed by atoms with van der Waals surface area (Å²) in [7, 11) is 0. The maximum Gasteiger partial charge on any atom is -0.0380 e. The van der Waals surface area contributed by atoms with Crippen LogP contribution in [0.15, 0.2) is 0 Å². The van der Waals surface area contributed by atoms with Gasteiger partial charge in [0.1, 0.15) is 0 Å². The van der Waals surface area contributed by atoms with Crippen LogP contribution in [0.3, 0.4) is 0 Å². The molecule has 0 heterocycles. The van der Waals surface area contributed by atoms with Crippen LogP contribution >= 0.6 is 0 Å². The molecule has 20 heavy (non-hydrogen) atoms. The van der Waals surface area contributed by atoms with E-state index in [1.807, 2.05) is 0 Å². The molecule has 0 aromatic carbocycles. The molecule has 8 atom stereocenters. The molecule has 0 nitrogen and oxygen atoms in total. The predicted molar refractivity (Wildman–Crippen MR) is 85.4 cm³/mol. The van der Waals surface area contributed by atoms with Crippen LogP contribution < -0.4 is 0 Å². The fraction of sp³-hybridized carbons (Fsp3) is 1.00. The first-order valence-corrected chi connectivity index (χ1v) is 9.69. The molecule has 0 heteroatoms. The van der Waals surface area contributed by atoms with Gasteiger partial charge in [0.25, 0.3) is 0 Å². The summed E-state index contributed by atoms with van der Waals surface area (Å²) in [5.74, 6) is 8.83. The van der Waals surface area contributed by atoms with Gasteiger partial charge in [-0.25, -0.2) is 0 Å². The lowest BCUT2D eigenvalue weighted by molar-refractivity contribution is -0.0170. The summed E-state index contributed by atoms with van der Waals surface area (Å²) in [6, 6.07) is 0. The van der Waals surface area contributed by atoms with Gasteiger partial charge in [0, 0.05) is 0 Å². The van der Waals surface area contributed by atoms with E-state index >= 15 is 0 Å². The normalized spacial score (nSPS) is 55.5. The van der Waals surface area contributed by atoms with E-state index in [2.05, 4.69) is 13.8 Å². The number of hydrogen-bond donors (Lipinski definition) is 0. The Kier molecular flexibility index (Phi) is 3.63. The summed E-state index contributed by atoms with van der Waals surface area (Å²) in [6.07, 6.45) is 15.8. The first-order valence-electron chi connectivity index (χ1n) is 9.69. The maximum absolute atomic E-state index is 2.50. The maximum atomic E-state index is 2.50. The van der Waals surface area contributed by atoms with Gasteiger partial charge in [-0.1, -0.05) is 26.7 Å². The van der Waals surface area contributed by atoms with E-state index in [4.69, 9.17) is 0 Å². The SMILES string of the molecule is CC1CCC2CC3CC4CC(C)CCC4CC3CC2C1. The molecule has 0 aromatic rings. The number of fused-ring (bicyclic) bond motifs is 3. The molecular weight excluding hydrogens is 240 g/mol. The molecule has 4 aliphatic carbocycles. The molecule has 4 rings (SSSR count). The van der Waals surface area contributed by atoms with Gasteiger partial charge in [0.2, 0.25) is 0 Å². The molecule has 0 aromatic heterocycles. The van der Waals surface area contributed by atoms with E-state index < -0.39 is 0 Å². The molecule has 0 bridgehead atoms. The molecule has 0 amide bonds. The topological polar surface area (TPSA) is 0 Å². The van der Waals surface area contributed by atoms with E-state index in [1.54, 1.807) is 51.4 Å². The number of rotatable bonds is 0. The van der Waals surface area contributed by atoms with Crippen molar-refractivity contribution in [2.24, 2.45) is 47.3 Å². The summed E-state index contributed by atoms with van der Waals surface area (Å²) in [5.41, 5.74) is 0. The zero-order valence-electron chi connectivity index (χ0n) is 13.7. The monoisotopic (exact) mass is 274 g/mol. The largest absolute Gasteiger partial charge is 0.0625 e. The second-order valence-corrected chi connectivity index (χ2v) is 9.34. The lowest BCUT2D eigenvalue weighted by Gasteiger charge is -2.52. The van der Waals surface area contributed by atoms with Crippen molar-refractivity contribution in [2.45, 2.75) is 78.1 Å². The van der Waals surface area contributed by atoms with Crippen molar-refractivity contribution in [1.29, 1.82) is 0 Å². The minimum atomic E-state index is 1.03. The Morgan fingerprint density at radius 2 is 0.750 bits per heavy atom. The van der Waals surface area contributed by atoms with Gasteiger partial charge in [0.15, 0.2) is 0 Å². The summed E-state index contributed by atoms with van der Waals surface area (Å²) in [4.78, 5) is 0. The van der Waals surface area contributed by atoms with Gasteiger partial charge in [-0.3, -0.25) is 0 Å². The highest BCUT2D eigenvalue weighted by Gasteiger charge is 2.45. The van der Waals surface area contributed by atoms with Gasteiger partial charge in [-0.2, -0.15) is 0 Å². The van der Waals surface area contributed by atoms with Crippen molar-refractivity contribution >= 4 is 0 Å². The lowest BCUT2D eigenvalue weighted by Crippen LogP contribution is -2.42. The lowest BCUT2D eigenvalue weighted by atomic mass is 9.53. The van der Waals surface area contributed by atoms with Gasteiger partial charge >= 0.3 is 0 Å². The first kappa shape index (κ1) is 13.6. The van der Waals surface area contributed by atoms with E-state index in [-0.39, 0.29) is 0 Å². The smallest absolute Gasteiger partial charge is 0.0380 e. The van der Waals surface area contributed by atoms with Crippen LogP contribution in [-0.2, 0) is 0 Å². The second kappa shape index (κ2) is 5.33. The Labute approximate surface area is 126 Å². The van der Waals surface area contributed by atoms with Crippen molar-refractivity contribution < 1.29 is 0 Å². The Balaban J connectivity index is 1.44. The van der Waals surface area contributed by atoms with Gasteiger partial charge in [-0.15, -0.1) is 0 Å². The molecule has 4 aliphatic rings. The van der Waals surface area contributed by atoms with Crippen molar-refractivity contribution in [3.63, 3.8) is 0 Å². The van der Waals surface area contributed by atoms with Gasteiger partial charge in [-0.05, 0) is 98.7 Å². The highest BCUT2D eigenvalue weighted by molar-refractivity contribution is 4.95. The molecule has 4 fully saturated rings. The first-order chi connectivity index (χ1) is 9.69. The summed E-state index contributed by atoms with van der Waals surface area (Å²) in [6.45, 7) is 5.00. The summed E-state index contributed by atoms with van der Waals surface area (Å²) >= 11 is 0. The van der Waals surface area contributed by atoms with Gasteiger partial charge < -0.3 is 0 Å². The van der Waals surface area contributed by atoms with Gasteiger partial charge in [0.05, 0.1) is 0 Å². The Hall–Kier alpha value is 0. The van der Waals surface area contributed by atoms with Crippen LogP contribution in [0.4, 0.5) is 0 Å². The summed E-state index contributed by atoms with van der Waals surface area (Å²) < 4.78 is 0. The van der Waals surface area contributed by atoms with E-state index in [9.17, 15) is 0 Å². The average Bonchev–Trinajstić information content (AvgIpc) is 2.43. The second-order valence-electron chi connectivity index (χ2n) is 9.34. The standard InChI is InChI=1S/C20H34/c1-13-3-5-15-9-20-12-18-8-14(2)4-6-16(18)10-19(20)11-17(15)7-13/h13-20H,3-12H2,1-2H3. The van der Waals surface area contributed by atoms with Crippen molar-refractivity contribution in [3.8, 4) is 0 Å². The highest BCUT2D eigenvalue weighted by Crippen LogP contribution is 2.55. The number of hydrogen-bond acceptors (Lipinski definition) is 0. The molecule has 0 saturated heterocycles.